The lowest BCUT2D eigenvalue weighted by Gasteiger charge is -2.24. The van der Waals surface area contributed by atoms with Crippen molar-refractivity contribution in [2.75, 3.05) is 40.9 Å². The molecule has 0 aliphatic heterocycles. The molecule has 0 amide bonds. The Morgan fingerprint density at radius 3 is 2.60 bits per heavy atom. The fourth-order valence-corrected chi connectivity index (χ4v) is 1.24. The maximum absolute atomic E-state index is 8.96. The van der Waals surface area contributed by atoms with E-state index in [1.165, 1.54) is 0 Å². The van der Waals surface area contributed by atoms with E-state index < -0.39 is 5.54 Å². The lowest BCUT2D eigenvalue weighted by molar-refractivity contribution is 0.177. The van der Waals surface area contributed by atoms with Crippen molar-refractivity contribution in [2.45, 2.75) is 25.3 Å². The van der Waals surface area contributed by atoms with Crippen LogP contribution in [0.5, 0.6) is 0 Å². The molecule has 1 atom stereocenters. The van der Waals surface area contributed by atoms with Crippen LogP contribution in [0.25, 0.3) is 0 Å². The van der Waals surface area contributed by atoms with Gasteiger partial charge in [-0.1, -0.05) is 0 Å². The molecule has 0 fully saturated rings. The SMILES string of the molecule is CNC(C)(C#N)CCN(C)CCCOC. The van der Waals surface area contributed by atoms with Crippen LogP contribution >= 0.6 is 0 Å². The number of hydrogen-bond acceptors (Lipinski definition) is 4. The van der Waals surface area contributed by atoms with Crippen molar-refractivity contribution in [3.63, 3.8) is 0 Å². The quantitative estimate of drug-likeness (QED) is 0.607. The topological polar surface area (TPSA) is 48.3 Å². The van der Waals surface area contributed by atoms with Gasteiger partial charge >= 0.3 is 0 Å². The first-order valence-electron chi connectivity index (χ1n) is 5.35. The zero-order chi connectivity index (χ0) is 11.7. The van der Waals surface area contributed by atoms with Gasteiger partial charge < -0.3 is 15.0 Å². The summed E-state index contributed by atoms with van der Waals surface area (Å²) in [5.74, 6) is 0. The Labute approximate surface area is 93.2 Å². The molecule has 0 aromatic carbocycles. The van der Waals surface area contributed by atoms with Crippen molar-refractivity contribution < 1.29 is 4.74 Å². The number of rotatable bonds is 8. The van der Waals surface area contributed by atoms with E-state index in [1.807, 2.05) is 14.0 Å². The minimum absolute atomic E-state index is 0.407. The van der Waals surface area contributed by atoms with E-state index in [4.69, 9.17) is 10.00 Å². The number of nitrogens with zero attached hydrogens (tertiary/aromatic N) is 2. The van der Waals surface area contributed by atoms with Gasteiger partial charge in [0.05, 0.1) is 6.07 Å². The van der Waals surface area contributed by atoms with Crippen molar-refractivity contribution in [3.05, 3.63) is 0 Å². The Morgan fingerprint density at radius 1 is 1.47 bits per heavy atom. The summed E-state index contributed by atoms with van der Waals surface area (Å²) in [4.78, 5) is 2.23. The van der Waals surface area contributed by atoms with E-state index in [-0.39, 0.29) is 0 Å². The Morgan fingerprint density at radius 2 is 2.13 bits per heavy atom. The van der Waals surface area contributed by atoms with E-state index >= 15 is 0 Å². The number of hydrogen-bond donors (Lipinski definition) is 1. The molecule has 15 heavy (non-hydrogen) atoms. The van der Waals surface area contributed by atoms with Gasteiger partial charge in [-0.25, -0.2) is 0 Å². The first-order chi connectivity index (χ1) is 7.08. The molecule has 1 N–H and O–H groups in total. The summed E-state index contributed by atoms with van der Waals surface area (Å²) in [7, 11) is 5.62. The molecule has 4 heteroatoms. The number of methoxy groups -OCH3 is 1. The molecule has 1 unspecified atom stereocenters. The molecule has 0 aliphatic rings. The van der Waals surface area contributed by atoms with Gasteiger partial charge in [0.25, 0.3) is 0 Å². The second kappa shape index (κ2) is 7.63. The summed E-state index contributed by atoms with van der Waals surface area (Å²) < 4.78 is 4.99. The average Bonchev–Trinajstić information content (AvgIpc) is 2.26. The lowest BCUT2D eigenvalue weighted by atomic mass is 10.0. The second-order valence-corrected chi connectivity index (χ2v) is 4.09. The van der Waals surface area contributed by atoms with Crippen LogP contribution in [0.15, 0.2) is 0 Å². The minimum atomic E-state index is -0.407. The van der Waals surface area contributed by atoms with Gasteiger partial charge in [-0.3, -0.25) is 0 Å². The van der Waals surface area contributed by atoms with Gasteiger partial charge in [0.2, 0.25) is 0 Å². The van der Waals surface area contributed by atoms with Gasteiger partial charge in [-0.05, 0) is 33.9 Å². The molecule has 0 aromatic heterocycles. The Balaban J connectivity index is 3.70. The van der Waals surface area contributed by atoms with Gasteiger partial charge in [-0.15, -0.1) is 0 Å². The Kier molecular flexibility index (Phi) is 7.31. The molecule has 0 rings (SSSR count). The predicted molar refractivity (Wildman–Crippen MR) is 61.7 cm³/mol. The van der Waals surface area contributed by atoms with Crippen LogP contribution < -0.4 is 5.32 Å². The van der Waals surface area contributed by atoms with E-state index in [0.29, 0.717) is 0 Å². The van der Waals surface area contributed by atoms with Crippen LogP contribution in [0.3, 0.4) is 0 Å². The largest absolute Gasteiger partial charge is 0.385 e. The maximum Gasteiger partial charge on any atom is 0.104 e. The summed E-state index contributed by atoms with van der Waals surface area (Å²) in [6.07, 6.45) is 1.87. The van der Waals surface area contributed by atoms with Crippen LogP contribution in [0, 0.1) is 11.3 Å². The van der Waals surface area contributed by atoms with E-state index in [1.54, 1.807) is 7.11 Å². The van der Waals surface area contributed by atoms with Crippen molar-refractivity contribution in [1.29, 1.82) is 5.26 Å². The standard InChI is InChI=1S/C11H23N3O/c1-11(10-12,13-2)6-8-14(3)7-5-9-15-4/h13H,5-9H2,1-4H3. The molecule has 0 spiro atoms. The number of nitrogens with one attached hydrogen (secondary N) is 1. The van der Waals surface area contributed by atoms with Crippen molar-refractivity contribution >= 4 is 0 Å². The van der Waals surface area contributed by atoms with Gasteiger partial charge in [0.15, 0.2) is 0 Å². The number of ether oxygens (including phenoxy) is 1. The first kappa shape index (κ1) is 14.4. The normalized spacial score (nSPS) is 14.9. The van der Waals surface area contributed by atoms with Crippen LogP contribution in [0.1, 0.15) is 19.8 Å². The predicted octanol–water partition coefficient (Wildman–Crippen LogP) is 0.846. The fraction of sp³-hybridized carbons (Fsp3) is 0.909. The van der Waals surface area contributed by atoms with Gasteiger partial charge in [-0.2, -0.15) is 5.26 Å². The van der Waals surface area contributed by atoms with Crippen LogP contribution in [0.2, 0.25) is 0 Å². The fourth-order valence-electron chi connectivity index (χ4n) is 1.24. The van der Waals surface area contributed by atoms with Crippen molar-refractivity contribution in [3.8, 4) is 6.07 Å². The first-order valence-corrected chi connectivity index (χ1v) is 5.35. The second-order valence-electron chi connectivity index (χ2n) is 4.09. The molecule has 0 aliphatic carbocycles. The molecule has 0 aromatic rings. The highest BCUT2D eigenvalue weighted by Crippen LogP contribution is 2.07. The van der Waals surface area contributed by atoms with E-state index in [0.717, 1.165) is 32.5 Å². The molecule has 0 saturated carbocycles. The van der Waals surface area contributed by atoms with E-state index in [2.05, 4.69) is 23.3 Å². The number of nitriles is 1. The molecular weight excluding hydrogens is 190 g/mol. The van der Waals surface area contributed by atoms with Crippen molar-refractivity contribution in [2.24, 2.45) is 0 Å². The van der Waals surface area contributed by atoms with Crippen LogP contribution in [-0.2, 0) is 4.74 Å². The summed E-state index contributed by atoms with van der Waals surface area (Å²) in [5.41, 5.74) is -0.407. The highest BCUT2D eigenvalue weighted by Gasteiger charge is 2.20. The molecule has 4 nitrogen and oxygen atoms in total. The summed E-state index contributed by atoms with van der Waals surface area (Å²) in [6.45, 7) is 4.66. The molecule has 88 valence electrons. The highest BCUT2D eigenvalue weighted by atomic mass is 16.5. The summed E-state index contributed by atoms with van der Waals surface area (Å²) in [6, 6.07) is 2.29. The van der Waals surface area contributed by atoms with E-state index in [9.17, 15) is 0 Å². The molecule has 0 saturated heterocycles. The Hall–Kier alpha value is -0.630. The molecule has 0 heterocycles. The zero-order valence-corrected chi connectivity index (χ0v) is 10.3. The maximum atomic E-state index is 8.96. The van der Waals surface area contributed by atoms with Crippen molar-refractivity contribution in [1.82, 2.24) is 10.2 Å². The highest BCUT2D eigenvalue weighted by molar-refractivity contribution is 5.02. The third kappa shape index (κ3) is 6.45. The van der Waals surface area contributed by atoms with Crippen LogP contribution in [-0.4, -0.2) is 51.3 Å². The minimum Gasteiger partial charge on any atom is -0.385 e. The molecule has 0 radical (unpaired) electrons. The summed E-state index contributed by atoms with van der Waals surface area (Å²) >= 11 is 0. The van der Waals surface area contributed by atoms with Gasteiger partial charge in [0, 0.05) is 26.8 Å². The monoisotopic (exact) mass is 213 g/mol. The lowest BCUT2D eigenvalue weighted by Crippen LogP contribution is -2.41. The third-order valence-corrected chi connectivity index (χ3v) is 2.68. The third-order valence-electron chi connectivity index (χ3n) is 2.68. The van der Waals surface area contributed by atoms with Crippen LogP contribution in [0.4, 0.5) is 0 Å². The zero-order valence-electron chi connectivity index (χ0n) is 10.3. The average molecular weight is 213 g/mol. The molecular formula is C11H23N3O. The molecule has 0 bridgehead atoms. The smallest absolute Gasteiger partial charge is 0.104 e. The Bertz CT molecular complexity index is 202. The van der Waals surface area contributed by atoms with Gasteiger partial charge in [0.1, 0.15) is 5.54 Å². The summed E-state index contributed by atoms with van der Waals surface area (Å²) in [5, 5.41) is 12.0.